The maximum atomic E-state index is 12.6. The van der Waals surface area contributed by atoms with Gasteiger partial charge in [-0.1, -0.05) is 11.6 Å². The number of urea groups is 1. The number of halogens is 1. The molecule has 2 saturated heterocycles. The third-order valence-corrected chi connectivity index (χ3v) is 5.55. The number of nitrogens with one attached hydrogen (secondary N) is 1. The molecule has 2 aliphatic rings. The Kier molecular flexibility index (Phi) is 5.35. The molecule has 0 aliphatic carbocycles. The fourth-order valence-electron chi connectivity index (χ4n) is 3.67. The van der Waals surface area contributed by atoms with Crippen molar-refractivity contribution in [1.82, 2.24) is 4.90 Å². The number of hydrogen-bond acceptors (Lipinski definition) is 5. The lowest BCUT2D eigenvalue weighted by Gasteiger charge is -2.49. The zero-order valence-electron chi connectivity index (χ0n) is 15.0. The summed E-state index contributed by atoms with van der Waals surface area (Å²) in [6, 6.07) is 4.81. The predicted molar refractivity (Wildman–Crippen MR) is 97.8 cm³/mol. The number of piperidine rings is 1. The summed E-state index contributed by atoms with van der Waals surface area (Å²) < 4.78 is 11.1. The number of nitrogens with zero attached hydrogens (tertiary/aromatic N) is 1. The molecule has 0 radical (unpaired) electrons. The second-order valence-electron chi connectivity index (χ2n) is 7.31. The normalized spacial score (nSPS) is 28.0. The van der Waals surface area contributed by atoms with Crippen LogP contribution >= 0.6 is 11.6 Å². The molecule has 3 rings (SSSR count). The second-order valence-corrected chi connectivity index (χ2v) is 7.74. The Morgan fingerprint density at radius 3 is 2.73 bits per heavy atom. The second kappa shape index (κ2) is 7.23. The van der Waals surface area contributed by atoms with Crippen molar-refractivity contribution in [2.24, 2.45) is 0 Å². The SMILES string of the molecule is COc1ccc(Cl)cc1NC(=O)N1CCC2(CC1)C[C@](C)(O)[C@@H](O)CO2. The fourth-order valence-corrected chi connectivity index (χ4v) is 3.84. The van der Waals surface area contributed by atoms with E-state index in [9.17, 15) is 15.0 Å². The van der Waals surface area contributed by atoms with Gasteiger partial charge in [-0.05, 0) is 38.0 Å². The molecule has 2 atom stereocenters. The van der Waals surface area contributed by atoms with Crippen LogP contribution in [0.2, 0.25) is 5.02 Å². The number of carbonyl (C=O) groups is 1. The van der Waals surface area contributed by atoms with Gasteiger partial charge in [0.1, 0.15) is 11.9 Å². The molecule has 2 aliphatic heterocycles. The molecule has 1 aromatic carbocycles. The van der Waals surface area contributed by atoms with Crippen molar-refractivity contribution >= 4 is 23.3 Å². The number of methoxy groups -OCH3 is 1. The maximum absolute atomic E-state index is 12.6. The molecule has 7 nitrogen and oxygen atoms in total. The number of amides is 2. The van der Waals surface area contributed by atoms with Crippen molar-refractivity contribution in [2.45, 2.75) is 43.5 Å². The van der Waals surface area contributed by atoms with Gasteiger partial charge < -0.3 is 29.9 Å². The van der Waals surface area contributed by atoms with Gasteiger partial charge in [-0.25, -0.2) is 4.79 Å². The first-order valence-electron chi connectivity index (χ1n) is 8.69. The molecule has 0 aromatic heterocycles. The molecule has 2 heterocycles. The van der Waals surface area contributed by atoms with Crippen LogP contribution in [0.25, 0.3) is 0 Å². The lowest BCUT2D eigenvalue weighted by molar-refractivity contribution is -0.221. The number of ether oxygens (including phenoxy) is 2. The average molecular weight is 385 g/mol. The summed E-state index contributed by atoms with van der Waals surface area (Å²) in [7, 11) is 1.53. The maximum Gasteiger partial charge on any atom is 0.321 e. The number of aliphatic hydroxyl groups is 2. The zero-order chi connectivity index (χ0) is 18.9. The van der Waals surface area contributed by atoms with Gasteiger partial charge in [0, 0.05) is 24.5 Å². The first kappa shape index (κ1) is 19.2. The molecule has 144 valence electrons. The Bertz CT molecular complexity index is 674. The largest absolute Gasteiger partial charge is 0.495 e. The van der Waals surface area contributed by atoms with Gasteiger partial charge in [0.05, 0.1) is 30.6 Å². The number of aliphatic hydroxyl groups excluding tert-OH is 1. The van der Waals surface area contributed by atoms with Crippen LogP contribution in [0.3, 0.4) is 0 Å². The number of rotatable bonds is 2. The zero-order valence-corrected chi connectivity index (χ0v) is 15.8. The monoisotopic (exact) mass is 384 g/mol. The molecule has 2 amide bonds. The van der Waals surface area contributed by atoms with Crippen molar-refractivity contribution in [3.05, 3.63) is 23.2 Å². The first-order valence-corrected chi connectivity index (χ1v) is 9.06. The van der Waals surface area contributed by atoms with Crippen LogP contribution in [0.15, 0.2) is 18.2 Å². The minimum Gasteiger partial charge on any atom is -0.495 e. The van der Waals surface area contributed by atoms with E-state index < -0.39 is 17.3 Å². The Labute approximate surface area is 157 Å². The lowest BCUT2D eigenvalue weighted by Crippen LogP contribution is -2.59. The molecule has 1 spiro atoms. The number of likely N-dealkylation sites (tertiary alicyclic amines) is 1. The van der Waals surface area contributed by atoms with E-state index in [2.05, 4.69) is 5.32 Å². The standard InChI is InChI=1S/C18H25ClN2O5/c1-17(24)11-18(26-10-15(17)22)5-7-21(8-6-18)16(23)20-13-9-12(19)3-4-14(13)25-2/h3-4,9,15,22,24H,5-8,10-11H2,1-2H3,(H,20,23)/t15-,17-/m0/s1. The van der Waals surface area contributed by atoms with Gasteiger partial charge in [-0.3, -0.25) is 0 Å². The van der Waals surface area contributed by atoms with Crippen molar-refractivity contribution in [1.29, 1.82) is 0 Å². The van der Waals surface area contributed by atoms with Gasteiger partial charge in [-0.15, -0.1) is 0 Å². The Morgan fingerprint density at radius 1 is 1.42 bits per heavy atom. The predicted octanol–water partition coefficient (Wildman–Crippen LogP) is 2.25. The van der Waals surface area contributed by atoms with E-state index >= 15 is 0 Å². The van der Waals surface area contributed by atoms with E-state index in [-0.39, 0.29) is 12.6 Å². The minimum atomic E-state index is -1.17. The van der Waals surface area contributed by atoms with E-state index in [4.69, 9.17) is 21.1 Å². The number of carbonyl (C=O) groups excluding carboxylic acids is 1. The fraction of sp³-hybridized carbons (Fsp3) is 0.611. The quantitative estimate of drug-likeness (QED) is 0.727. The van der Waals surface area contributed by atoms with Gasteiger partial charge in [0.25, 0.3) is 0 Å². The summed E-state index contributed by atoms with van der Waals surface area (Å²) in [5, 5.41) is 23.6. The number of hydrogen-bond donors (Lipinski definition) is 3. The highest BCUT2D eigenvalue weighted by molar-refractivity contribution is 6.31. The van der Waals surface area contributed by atoms with E-state index in [0.717, 1.165) is 0 Å². The third kappa shape index (κ3) is 3.91. The molecular weight excluding hydrogens is 360 g/mol. The van der Waals surface area contributed by atoms with Crippen molar-refractivity contribution in [3.63, 3.8) is 0 Å². The van der Waals surface area contributed by atoms with Crippen LogP contribution in [0.1, 0.15) is 26.2 Å². The molecule has 3 N–H and O–H groups in total. The summed E-state index contributed by atoms with van der Waals surface area (Å²) in [4.78, 5) is 14.3. The molecule has 0 bridgehead atoms. The van der Waals surface area contributed by atoms with E-state index in [1.54, 1.807) is 30.0 Å². The highest BCUT2D eigenvalue weighted by Gasteiger charge is 2.49. The van der Waals surface area contributed by atoms with E-state index in [1.807, 2.05) is 0 Å². The molecule has 2 fully saturated rings. The highest BCUT2D eigenvalue weighted by Crippen LogP contribution is 2.39. The highest BCUT2D eigenvalue weighted by atomic mass is 35.5. The Hall–Kier alpha value is -1.54. The van der Waals surface area contributed by atoms with Gasteiger partial charge >= 0.3 is 6.03 Å². The lowest BCUT2D eigenvalue weighted by atomic mass is 9.77. The molecule has 1 aromatic rings. The summed E-state index contributed by atoms with van der Waals surface area (Å²) in [6.45, 7) is 2.74. The van der Waals surface area contributed by atoms with Crippen molar-refractivity contribution in [2.75, 3.05) is 32.1 Å². The molecule has 8 heteroatoms. The van der Waals surface area contributed by atoms with Crippen LogP contribution in [-0.2, 0) is 4.74 Å². The number of anilines is 1. The Balaban J connectivity index is 1.62. The van der Waals surface area contributed by atoms with Crippen molar-refractivity contribution in [3.8, 4) is 5.75 Å². The summed E-state index contributed by atoms with van der Waals surface area (Å²) in [6.07, 6.45) is 0.690. The summed E-state index contributed by atoms with van der Waals surface area (Å²) in [5.74, 6) is 0.539. The van der Waals surface area contributed by atoms with Crippen LogP contribution < -0.4 is 10.1 Å². The number of benzene rings is 1. The van der Waals surface area contributed by atoms with Crippen LogP contribution in [0.4, 0.5) is 10.5 Å². The van der Waals surface area contributed by atoms with Crippen LogP contribution in [0.5, 0.6) is 5.75 Å². The van der Waals surface area contributed by atoms with Gasteiger partial charge in [-0.2, -0.15) is 0 Å². The van der Waals surface area contributed by atoms with E-state index in [1.165, 1.54) is 7.11 Å². The van der Waals surface area contributed by atoms with E-state index in [0.29, 0.717) is 48.8 Å². The first-order chi connectivity index (χ1) is 12.2. The van der Waals surface area contributed by atoms with Crippen molar-refractivity contribution < 1.29 is 24.5 Å². The van der Waals surface area contributed by atoms with Gasteiger partial charge in [0.15, 0.2) is 0 Å². The molecule has 0 saturated carbocycles. The topological polar surface area (TPSA) is 91.3 Å². The molecule has 0 unspecified atom stereocenters. The van der Waals surface area contributed by atoms with Crippen LogP contribution in [-0.4, -0.2) is 65.3 Å². The summed E-state index contributed by atoms with van der Waals surface area (Å²) >= 11 is 6.00. The molecule has 26 heavy (non-hydrogen) atoms. The van der Waals surface area contributed by atoms with Crippen LogP contribution in [0, 0.1) is 0 Å². The average Bonchev–Trinajstić information content (AvgIpc) is 2.59. The summed E-state index contributed by atoms with van der Waals surface area (Å²) in [5.41, 5.74) is -1.14. The van der Waals surface area contributed by atoms with Gasteiger partial charge in [0.2, 0.25) is 0 Å². The molecular formula is C18H25ClN2O5. The minimum absolute atomic E-state index is 0.110. The third-order valence-electron chi connectivity index (χ3n) is 5.31. The smallest absolute Gasteiger partial charge is 0.321 e. The Morgan fingerprint density at radius 2 is 2.12 bits per heavy atom.